The van der Waals surface area contributed by atoms with Gasteiger partial charge >= 0.3 is 0 Å². The molecule has 2 aromatic carbocycles. The van der Waals surface area contributed by atoms with Crippen molar-refractivity contribution in [1.82, 2.24) is 5.32 Å². The minimum absolute atomic E-state index is 0.217. The number of hydrogen-bond donors (Lipinski definition) is 1. The average Bonchev–Trinajstić information content (AvgIpc) is 2.48. The van der Waals surface area contributed by atoms with Crippen molar-refractivity contribution >= 4 is 0 Å². The van der Waals surface area contributed by atoms with Gasteiger partial charge in [0.05, 0.1) is 18.7 Å². The monoisotopic (exact) mass is 287 g/mol. The van der Waals surface area contributed by atoms with Gasteiger partial charge in [-0.25, -0.2) is 4.39 Å². The lowest BCUT2D eigenvalue weighted by atomic mass is 9.94. The van der Waals surface area contributed by atoms with Gasteiger partial charge in [-0.05, 0) is 49.2 Å². The summed E-state index contributed by atoms with van der Waals surface area (Å²) >= 11 is 0. The summed E-state index contributed by atoms with van der Waals surface area (Å²) in [4.78, 5) is 0. The van der Waals surface area contributed by atoms with Gasteiger partial charge in [-0.2, -0.15) is 0 Å². The zero-order valence-corrected chi connectivity index (χ0v) is 13.0. The van der Waals surface area contributed by atoms with Crippen molar-refractivity contribution in [1.29, 1.82) is 0 Å². The van der Waals surface area contributed by atoms with Crippen LogP contribution < -0.4 is 10.1 Å². The molecule has 21 heavy (non-hydrogen) atoms. The maximum atomic E-state index is 14.4. The van der Waals surface area contributed by atoms with E-state index in [-0.39, 0.29) is 11.9 Å². The van der Waals surface area contributed by atoms with E-state index in [9.17, 15) is 4.39 Å². The lowest BCUT2D eigenvalue weighted by molar-refractivity contribution is 0.397. The third kappa shape index (κ3) is 3.24. The van der Waals surface area contributed by atoms with Crippen LogP contribution in [-0.4, -0.2) is 13.7 Å². The quantitative estimate of drug-likeness (QED) is 0.892. The van der Waals surface area contributed by atoms with Crippen LogP contribution in [0.15, 0.2) is 36.4 Å². The molecule has 3 heteroatoms. The summed E-state index contributed by atoms with van der Waals surface area (Å²) in [7, 11) is 1.57. The van der Waals surface area contributed by atoms with Gasteiger partial charge in [-0.15, -0.1) is 0 Å². The van der Waals surface area contributed by atoms with Crippen LogP contribution in [0.1, 0.15) is 35.2 Å². The second-order valence-corrected chi connectivity index (χ2v) is 5.19. The second-order valence-electron chi connectivity index (χ2n) is 5.19. The molecule has 0 radical (unpaired) electrons. The predicted molar refractivity (Wildman–Crippen MR) is 84.4 cm³/mol. The van der Waals surface area contributed by atoms with Gasteiger partial charge in [0.15, 0.2) is 0 Å². The van der Waals surface area contributed by atoms with Crippen molar-refractivity contribution in [2.75, 3.05) is 13.7 Å². The summed E-state index contributed by atoms with van der Waals surface area (Å²) in [5.41, 5.74) is 4.04. The molecule has 0 aliphatic carbocycles. The van der Waals surface area contributed by atoms with Gasteiger partial charge < -0.3 is 10.1 Å². The number of ether oxygens (including phenoxy) is 1. The highest BCUT2D eigenvalue weighted by molar-refractivity contribution is 5.44. The second kappa shape index (κ2) is 6.72. The minimum Gasteiger partial charge on any atom is -0.496 e. The first kappa shape index (κ1) is 15.5. The van der Waals surface area contributed by atoms with E-state index in [0.717, 1.165) is 12.1 Å². The standard InChI is InChI=1S/C18H22FNO/c1-5-20-18(14-10-9-12(2)13(3)11-14)17-15(19)7-6-8-16(17)21-4/h6-11,18,20H,5H2,1-4H3. The molecule has 1 N–H and O–H groups in total. The van der Waals surface area contributed by atoms with Gasteiger partial charge in [0.25, 0.3) is 0 Å². The lowest BCUT2D eigenvalue weighted by Crippen LogP contribution is -2.23. The molecule has 2 rings (SSSR count). The molecule has 0 spiro atoms. The topological polar surface area (TPSA) is 21.3 Å². The summed E-state index contributed by atoms with van der Waals surface area (Å²) in [6.07, 6.45) is 0. The van der Waals surface area contributed by atoms with Gasteiger partial charge in [0, 0.05) is 0 Å². The molecule has 0 aliphatic heterocycles. The van der Waals surface area contributed by atoms with E-state index in [2.05, 4.69) is 31.3 Å². The van der Waals surface area contributed by atoms with Crippen LogP contribution in [0.3, 0.4) is 0 Å². The van der Waals surface area contributed by atoms with Gasteiger partial charge in [-0.1, -0.05) is 31.2 Å². The van der Waals surface area contributed by atoms with Crippen LogP contribution in [0.5, 0.6) is 5.75 Å². The fourth-order valence-corrected chi connectivity index (χ4v) is 2.51. The van der Waals surface area contributed by atoms with E-state index in [1.807, 2.05) is 13.0 Å². The van der Waals surface area contributed by atoms with E-state index >= 15 is 0 Å². The Kier molecular flexibility index (Phi) is 4.97. The minimum atomic E-state index is -0.251. The third-order valence-corrected chi connectivity index (χ3v) is 3.79. The maximum Gasteiger partial charge on any atom is 0.132 e. The molecule has 0 aromatic heterocycles. The van der Waals surface area contributed by atoms with Crippen LogP contribution in [0.2, 0.25) is 0 Å². The first-order valence-corrected chi connectivity index (χ1v) is 7.21. The van der Waals surface area contributed by atoms with Crippen LogP contribution in [0.25, 0.3) is 0 Å². The Labute approximate surface area is 126 Å². The zero-order chi connectivity index (χ0) is 15.4. The van der Waals surface area contributed by atoms with Gasteiger partial charge in [0.2, 0.25) is 0 Å². The molecule has 0 aliphatic rings. The summed E-state index contributed by atoms with van der Waals surface area (Å²) < 4.78 is 19.7. The molecule has 0 bridgehead atoms. The fraction of sp³-hybridized carbons (Fsp3) is 0.333. The molecule has 1 atom stereocenters. The van der Waals surface area contributed by atoms with Crippen molar-refractivity contribution in [3.8, 4) is 5.75 Å². The molecular formula is C18H22FNO. The number of hydrogen-bond acceptors (Lipinski definition) is 2. The Morgan fingerprint density at radius 3 is 2.52 bits per heavy atom. The van der Waals surface area contributed by atoms with E-state index in [4.69, 9.17) is 4.74 Å². The van der Waals surface area contributed by atoms with Crippen LogP contribution >= 0.6 is 0 Å². The molecule has 0 saturated heterocycles. The molecular weight excluding hydrogens is 265 g/mol. The average molecular weight is 287 g/mol. The number of aryl methyl sites for hydroxylation is 2. The number of methoxy groups -OCH3 is 1. The van der Waals surface area contributed by atoms with Gasteiger partial charge in [0.1, 0.15) is 11.6 Å². The highest BCUT2D eigenvalue weighted by Gasteiger charge is 2.21. The van der Waals surface area contributed by atoms with Crippen molar-refractivity contribution in [3.05, 3.63) is 64.5 Å². The van der Waals surface area contributed by atoms with Crippen molar-refractivity contribution < 1.29 is 9.13 Å². The first-order valence-electron chi connectivity index (χ1n) is 7.21. The SMILES string of the molecule is CCNC(c1ccc(C)c(C)c1)c1c(F)cccc1OC. The normalized spacial score (nSPS) is 12.2. The lowest BCUT2D eigenvalue weighted by Gasteiger charge is -2.22. The molecule has 1 unspecified atom stereocenters. The molecule has 0 saturated carbocycles. The van der Waals surface area contributed by atoms with Crippen molar-refractivity contribution in [2.24, 2.45) is 0 Å². The van der Waals surface area contributed by atoms with E-state index in [0.29, 0.717) is 11.3 Å². The summed E-state index contributed by atoms with van der Waals surface area (Å²) in [5.74, 6) is 0.317. The summed E-state index contributed by atoms with van der Waals surface area (Å²) in [6.45, 7) is 6.90. The number of nitrogens with one attached hydrogen (secondary N) is 1. The molecule has 2 nitrogen and oxygen atoms in total. The summed E-state index contributed by atoms with van der Waals surface area (Å²) in [6, 6.07) is 10.9. The smallest absolute Gasteiger partial charge is 0.132 e. The van der Waals surface area contributed by atoms with E-state index in [1.54, 1.807) is 19.2 Å². The van der Waals surface area contributed by atoms with Crippen LogP contribution in [0.4, 0.5) is 4.39 Å². The predicted octanol–water partition coefficient (Wildman–Crippen LogP) is 4.15. The summed E-state index contributed by atoms with van der Waals surface area (Å²) in [5, 5.41) is 3.36. The van der Waals surface area contributed by atoms with E-state index < -0.39 is 0 Å². The molecule has 2 aromatic rings. The Hall–Kier alpha value is -1.87. The van der Waals surface area contributed by atoms with E-state index in [1.165, 1.54) is 17.2 Å². The Morgan fingerprint density at radius 2 is 1.90 bits per heavy atom. The largest absolute Gasteiger partial charge is 0.496 e. The first-order chi connectivity index (χ1) is 10.1. The fourth-order valence-electron chi connectivity index (χ4n) is 2.51. The molecule has 0 amide bonds. The van der Waals surface area contributed by atoms with Gasteiger partial charge in [-0.3, -0.25) is 0 Å². The zero-order valence-electron chi connectivity index (χ0n) is 13.0. The number of benzene rings is 2. The third-order valence-electron chi connectivity index (χ3n) is 3.79. The highest BCUT2D eigenvalue weighted by Crippen LogP contribution is 2.32. The maximum absolute atomic E-state index is 14.4. The van der Waals surface area contributed by atoms with Crippen LogP contribution in [-0.2, 0) is 0 Å². The number of halogens is 1. The molecule has 0 fully saturated rings. The number of rotatable bonds is 5. The van der Waals surface area contributed by atoms with Crippen molar-refractivity contribution in [2.45, 2.75) is 26.8 Å². The van der Waals surface area contributed by atoms with Crippen molar-refractivity contribution in [3.63, 3.8) is 0 Å². The Bertz CT molecular complexity index is 625. The Balaban J connectivity index is 2.55. The highest BCUT2D eigenvalue weighted by atomic mass is 19.1. The Morgan fingerprint density at radius 1 is 1.14 bits per heavy atom. The molecule has 112 valence electrons. The molecule has 0 heterocycles. The van der Waals surface area contributed by atoms with Crippen LogP contribution in [0, 0.1) is 19.7 Å².